The van der Waals surface area contributed by atoms with Crippen LogP contribution in [-0.2, 0) is 11.3 Å². The standard InChI is InChI=1S/C19H20Cl3N3O/c1-19(2,3)17(26)18(25-24-16-6-4-13(20)5-7-16)23-11-12-8-14(21)10-15(22)9-12/h4-10,24H,11H2,1-3H3,(H,23,25). The van der Waals surface area contributed by atoms with Gasteiger partial charge < -0.3 is 0 Å². The van der Waals surface area contributed by atoms with E-state index < -0.39 is 5.41 Å². The second kappa shape index (κ2) is 8.76. The normalized spacial score (nSPS) is 12.0. The van der Waals surface area contributed by atoms with Gasteiger partial charge in [0.25, 0.3) is 0 Å². The molecule has 0 aliphatic rings. The summed E-state index contributed by atoms with van der Waals surface area (Å²) in [7, 11) is 0. The van der Waals surface area contributed by atoms with Gasteiger partial charge in [-0.05, 0) is 48.0 Å². The van der Waals surface area contributed by atoms with Crippen molar-refractivity contribution >= 4 is 52.1 Å². The van der Waals surface area contributed by atoms with Crippen LogP contribution in [0.25, 0.3) is 0 Å². The first-order chi connectivity index (χ1) is 12.1. The highest BCUT2D eigenvalue weighted by Gasteiger charge is 2.26. The maximum absolute atomic E-state index is 12.7. The van der Waals surface area contributed by atoms with Crippen molar-refractivity contribution in [3.05, 3.63) is 63.1 Å². The van der Waals surface area contributed by atoms with Crippen molar-refractivity contribution in [1.82, 2.24) is 5.43 Å². The van der Waals surface area contributed by atoms with E-state index in [-0.39, 0.29) is 18.2 Å². The van der Waals surface area contributed by atoms with E-state index in [1.54, 1.807) is 42.5 Å². The fourth-order valence-electron chi connectivity index (χ4n) is 2.06. The average molecular weight is 413 g/mol. The summed E-state index contributed by atoms with van der Waals surface area (Å²) in [6, 6.07) is 12.3. The molecule has 0 saturated carbocycles. The Morgan fingerprint density at radius 2 is 1.54 bits per heavy atom. The number of amidine groups is 1. The summed E-state index contributed by atoms with van der Waals surface area (Å²) in [5.41, 5.74) is 6.86. The van der Waals surface area contributed by atoms with Gasteiger partial charge in [0.05, 0.1) is 12.2 Å². The van der Waals surface area contributed by atoms with Crippen molar-refractivity contribution in [2.45, 2.75) is 27.3 Å². The van der Waals surface area contributed by atoms with Gasteiger partial charge in [-0.1, -0.05) is 55.6 Å². The van der Waals surface area contributed by atoms with Gasteiger partial charge in [-0.25, -0.2) is 0 Å². The molecule has 2 N–H and O–H groups in total. The number of anilines is 1. The Hall–Kier alpha value is -1.75. The van der Waals surface area contributed by atoms with Crippen molar-refractivity contribution in [1.29, 1.82) is 0 Å². The topological polar surface area (TPSA) is 53.5 Å². The van der Waals surface area contributed by atoms with Gasteiger partial charge in [0.2, 0.25) is 5.78 Å². The van der Waals surface area contributed by atoms with Crippen LogP contribution in [0.4, 0.5) is 5.69 Å². The molecular formula is C19H20Cl3N3O. The molecule has 0 bridgehead atoms. The van der Waals surface area contributed by atoms with E-state index in [4.69, 9.17) is 34.8 Å². The number of benzene rings is 2. The lowest BCUT2D eigenvalue weighted by atomic mass is 9.90. The molecule has 2 aromatic carbocycles. The zero-order valence-corrected chi connectivity index (χ0v) is 17.0. The summed E-state index contributed by atoms with van der Waals surface area (Å²) < 4.78 is 0. The van der Waals surface area contributed by atoms with Crippen LogP contribution in [0.15, 0.2) is 47.5 Å². The Morgan fingerprint density at radius 1 is 0.962 bits per heavy atom. The number of rotatable bonds is 5. The van der Waals surface area contributed by atoms with Crippen LogP contribution in [0.3, 0.4) is 0 Å². The molecule has 26 heavy (non-hydrogen) atoms. The number of hydrazine groups is 1. The largest absolute Gasteiger partial charge is 0.300 e. The molecule has 0 aliphatic heterocycles. The van der Waals surface area contributed by atoms with Gasteiger partial charge in [-0.2, -0.15) is 0 Å². The van der Waals surface area contributed by atoms with E-state index in [2.05, 4.69) is 15.8 Å². The van der Waals surface area contributed by atoms with Gasteiger partial charge in [0.15, 0.2) is 5.84 Å². The van der Waals surface area contributed by atoms with Crippen LogP contribution in [0.2, 0.25) is 15.1 Å². The Morgan fingerprint density at radius 3 is 2.08 bits per heavy atom. The van der Waals surface area contributed by atoms with Crippen molar-refractivity contribution in [2.75, 3.05) is 5.43 Å². The van der Waals surface area contributed by atoms with Gasteiger partial charge in [-0.3, -0.25) is 20.6 Å². The van der Waals surface area contributed by atoms with Crippen molar-refractivity contribution < 1.29 is 4.79 Å². The number of aliphatic imine (C=N–C) groups is 1. The molecule has 0 spiro atoms. The van der Waals surface area contributed by atoms with Crippen molar-refractivity contribution in [2.24, 2.45) is 10.4 Å². The first-order valence-corrected chi connectivity index (χ1v) is 9.10. The number of nitrogens with one attached hydrogen (secondary N) is 2. The molecule has 0 radical (unpaired) electrons. The monoisotopic (exact) mass is 411 g/mol. The third-order valence-corrected chi connectivity index (χ3v) is 4.10. The number of carbonyl (C=O) groups is 1. The molecule has 0 atom stereocenters. The molecule has 138 valence electrons. The highest BCUT2D eigenvalue weighted by atomic mass is 35.5. The molecule has 7 heteroatoms. The van der Waals surface area contributed by atoms with E-state index in [0.717, 1.165) is 11.3 Å². The maximum atomic E-state index is 12.7. The minimum absolute atomic E-state index is 0.118. The number of carbonyl (C=O) groups excluding carboxylic acids is 1. The van der Waals surface area contributed by atoms with Gasteiger partial charge >= 0.3 is 0 Å². The SMILES string of the molecule is CC(C)(C)C(=O)C(=NCc1cc(Cl)cc(Cl)c1)NNc1ccc(Cl)cc1. The lowest BCUT2D eigenvalue weighted by molar-refractivity contribution is -0.119. The van der Waals surface area contributed by atoms with E-state index in [1.807, 2.05) is 20.8 Å². The number of hydrogen-bond acceptors (Lipinski definition) is 3. The highest BCUT2D eigenvalue weighted by Crippen LogP contribution is 2.20. The van der Waals surface area contributed by atoms with Gasteiger partial charge in [0, 0.05) is 20.5 Å². The molecule has 0 fully saturated rings. The van der Waals surface area contributed by atoms with E-state index in [0.29, 0.717) is 15.1 Å². The number of halogens is 3. The third kappa shape index (κ3) is 6.20. The molecule has 0 aliphatic carbocycles. The Labute approximate surface area is 168 Å². The summed E-state index contributed by atoms with van der Waals surface area (Å²) in [6.07, 6.45) is 0. The molecule has 0 saturated heterocycles. The fraction of sp³-hybridized carbons (Fsp3) is 0.263. The summed E-state index contributed by atoms with van der Waals surface area (Å²) in [4.78, 5) is 17.1. The zero-order chi connectivity index (χ0) is 19.3. The van der Waals surface area contributed by atoms with Crippen LogP contribution < -0.4 is 10.9 Å². The predicted octanol–water partition coefficient (Wildman–Crippen LogP) is 5.78. The summed E-state index contributed by atoms with van der Waals surface area (Å²) >= 11 is 17.9. The summed E-state index contributed by atoms with van der Waals surface area (Å²) in [6.45, 7) is 5.79. The molecular weight excluding hydrogens is 393 g/mol. The average Bonchev–Trinajstić information content (AvgIpc) is 2.54. The molecule has 2 rings (SSSR count). The van der Waals surface area contributed by atoms with Crippen LogP contribution in [0, 0.1) is 5.41 Å². The van der Waals surface area contributed by atoms with Crippen LogP contribution in [0.1, 0.15) is 26.3 Å². The van der Waals surface area contributed by atoms with Crippen LogP contribution >= 0.6 is 34.8 Å². The van der Waals surface area contributed by atoms with Crippen molar-refractivity contribution in [3.63, 3.8) is 0 Å². The van der Waals surface area contributed by atoms with E-state index in [1.165, 1.54) is 0 Å². The number of hydrogen-bond donors (Lipinski definition) is 2. The van der Waals surface area contributed by atoms with Crippen LogP contribution in [0.5, 0.6) is 0 Å². The number of ketones is 1. The molecule has 0 heterocycles. The Bertz CT molecular complexity index is 792. The summed E-state index contributed by atoms with van der Waals surface area (Å²) in [5, 5.41) is 1.69. The summed E-state index contributed by atoms with van der Waals surface area (Å²) in [5.74, 6) is 0.107. The Balaban J connectivity index is 2.19. The lowest BCUT2D eigenvalue weighted by Crippen LogP contribution is -2.41. The lowest BCUT2D eigenvalue weighted by Gasteiger charge is -2.20. The minimum atomic E-state index is -0.584. The van der Waals surface area contributed by atoms with Crippen LogP contribution in [-0.4, -0.2) is 11.6 Å². The molecule has 2 aromatic rings. The minimum Gasteiger partial charge on any atom is -0.300 e. The molecule has 0 unspecified atom stereocenters. The van der Waals surface area contributed by atoms with Gasteiger partial charge in [-0.15, -0.1) is 0 Å². The Kier molecular flexibility index (Phi) is 6.93. The number of nitrogens with zero attached hydrogens (tertiary/aromatic N) is 1. The molecule has 0 amide bonds. The fourth-order valence-corrected chi connectivity index (χ4v) is 2.76. The highest BCUT2D eigenvalue weighted by molar-refractivity contribution is 6.40. The van der Waals surface area contributed by atoms with Gasteiger partial charge in [0.1, 0.15) is 0 Å². The molecule has 0 aromatic heterocycles. The first-order valence-electron chi connectivity index (χ1n) is 7.97. The first kappa shape index (κ1) is 20.6. The second-order valence-corrected chi connectivity index (χ2v) is 8.09. The van der Waals surface area contributed by atoms with Crippen molar-refractivity contribution in [3.8, 4) is 0 Å². The quantitative estimate of drug-likeness (QED) is 0.372. The maximum Gasteiger partial charge on any atom is 0.204 e. The third-order valence-electron chi connectivity index (χ3n) is 3.41. The van der Waals surface area contributed by atoms with E-state index >= 15 is 0 Å². The zero-order valence-electron chi connectivity index (χ0n) is 14.7. The predicted molar refractivity (Wildman–Crippen MR) is 110 cm³/mol. The second-order valence-electron chi connectivity index (χ2n) is 6.78. The molecule has 4 nitrogen and oxygen atoms in total. The smallest absolute Gasteiger partial charge is 0.204 e. The van der Waals surface area contributed by atoms with E-state index in [9.17, 15) is 4.79 Å². The number of Topliss-reactive ketones (excluding diaryl/α,β-unsaturated/α-hetero) is 1.